The monoisotopic (exact) mass is 552 g/mol. The van der Waals surface area contributed by atoms with Gasteiger partial charge < -0.3 is 15.0 Å². The number of nitrogens with zero attached hydrogens (tertiary/aromatic N) is 1. The van der Waals surface area contributed by atoms with Crippen LogP contribution in [0.1, 0.15) is 48.8 Å². The van der Waals surface area contributed by atoms with Gasteiger partial charge in [-0.1, -0.05) is 97.1 Å². The summed E-state index contributed by atoms with van der Waals surface area (Å²) in [5, 5.41) is 4.08. The van der Waals surface area contributed by atoms with Crippen LogP contribution in [0.5, 0.6) is 5.75 Å². The standard InChI is InChI=1S/C31H34Cl2N2O3/c1-22-10-8-9-15-29(22)38-21-30(36)35(20-24-16-17-26(32)27(33)18-24)28(19-23-11-4-2-5-12-23)31(37)34-25-13-6-3-7-14-25/h2,4-5,8-12,15-18,25,28H,3,6-7,13-14,19-21H2,1H3,(H,34,37). The topological polar surface area (TPSA) is 58.6 Å². The van der Waals surface area contributed by atoms with Crippen molar-refractivity contribution in [3.05, 3.63) is 99.5 Å². The second-order valence-electron chi connectivity index (χ2n) is 9.87. The highest BCUT2D eigenvalue weighted by Crippen LogP contribution is 2.25. The second kappa shape index (κ2) is 13.7. The fourth-order valence-corrected chi connectivity index (χ4v) is 5.19. The summed E-state index contributed by atoms with van der Waals surface area (Å²) in [6.07, 6.45) is 5.70. The third-order valence-electron chi connectivity index (χ3n) is 7.00. The van der Waals surface area contributed by atoms with Gasteiger partial charge in [-0.2, -0.15) is 0 Å². The predicted molar refractivity (Wildman–Crippen MR) is 153 cm³/mol. The number of hydrogen-bond donors (Lipinski definition) is 1. The molecule has 0 spiro atoms. The van der Waals surface area contributed by atoms with Crippen LogP contribution >= 0.6 is 23.2 Å². The SMILES string of the molecule is Cc1ccccc1OCC(=O)N(Cc1ccc(Cl)c(Cl)c1)C(Cc1ccccc1)C(=O)NC1CCCCC1. The van der Waals surface area contributed by atoms with E-state index in [1.807, 2.05) is 67.6 Å². The molecule has 0 saturated heterocycles. The smallest absolute Gasteiger partial charge is 0.261 e. The minimum absolute atomic E-state index is 0.125. The number of aryl methyl sites for hydroxylation is 1. The molecule has 38 heavy (non-hydrogen) atoms. The highest BCUT2D eigenvalue weighted by atomic mass is 35.5. The summed E-state index contributed by atoms with van der Waals surface area (Å²) in [5.74, 6) is 0.214. The predicted octanol–water partition coefficient (Wildman–Crippen LogP) is 6.77. The lowest BCUT2D eigenvalue weighted by Gasteiger charge is -2.33. The van der Waals surface area contributed by atoms with Gasteiger partial charge in [0.05, 0.1) is 10.0 Å². The van der Waals surface area contributed by atoms with Crippen molar-refractivity contribution in [2.45, 2.75) is 64.1 Å². The zero-order valence-corrected chi connectivity index (χ0v) is 23.2. The average molecular weight is 554 g/mol. The van der Waals surface area contributed by atoms with Crippen LogP contribution in [0.4, 0.5) is 0 Å². The van der Waals surface area contributed by atoms with Gasteiger partial charge in [0.1, 0.15) is 11.8 Å². The van der Waals surface area contributed by atoms with Crippen LogP contribution in [0.25, 0.3) is 0 Å². The third kappa shape index (κ3) is 7.75. The first-order valence-corrected chi connectivity index (χ1v) is 13.9. The Kier molecular flexibility index (Phi) is 10.1. The van der Waals surface area contributed by atoms with Gasteiger partial charge in [-0.15, -0.1) is 0 Å². The quantitative estimate of drug-likeness (QED) is 0.302. The summed E-state index contributed by atoms with van der Waals surface area (Å²) in [7, 11) is 0. The van der Waals surface area contributed by atoms with E-state index in [4.69, 9.17) is 27.9 Å². The summed E-state index contributed by atoms with van der Waals surface area (Å²) in [6.45, 7) is 1.94. The Bertz CT molecular complexity index is 1230. The Balaban J connectivity index is 1.63. The largest absolute Gasteiger partial charge is 0.484 e. The molecule has 1 atom stereocenters. The fourth-order valence-electron chi connectivity index (χ4n) is 4.87. The number of nitrogens with one attached hydrogen (secondary N) is 1. The normalized spacial score (nSPS) is 14.5. The van der Waals surface area contributed by atoms with E-state index in [9.17, 15) is 9.59 Å². The van der Waals surface area contributed by atoms with Crippen LogP contribution in [-0.4, -0.2) is 35.4 Å². The molecule has 0 heterocycles. The van der Waals surface area contributed by atoms with Crippen molar-refractivity contribution in [2.24, 2.45) is 0 Å². The number of benzene rings is 3. The number of carbonyl (C=O) groups excluding carboxylic acids is 2. The molecule has 1 fully saturated rings. The molecule has 5 nitrogen and oxygen atoms in total. The number of amides is 2. The lowest BCUT2D eigenvalue weighted by Crippen LogP contribution is -2.53. The molecule has 1 aliphatic carbocycles. The molecule has 1 unspecified atom stereocenters. The van der Waals surface area contributed by atoms with E-state index in [1.165, 1.54) is 6.42 Å². The first-order valence-electron chi connectivity index (χ1n) is 13.2. The van der Waals surface area contributed by atoms with Crippen molar-refractivity contribution >= 4 is 35.0 Å². The van der Waals surface area contributed by atoms with Gasteiger partial charge in [-0.25, -0.2) is 0 Å². The van der Waals surface area contributed by atoms with Crippen LogP contribution in [0, 0.1) is 6.92 Å². The summed E-state index contributed by atoms with van der Waals surface area (Å²) in [5.41, 5.74) is 2.70. The number of para-hydroxylation sites is 1. The van der Waals surface area contributed by atoms with Crippen molar-refractivity contribution < 1.29 is 14.3 Å². The van der Waals surface area contributed by atoms with E-state index >= 15 is 0 Å². The molecule has 4 rings (SSSR count). The molecular weight excluding hydrogens is 519 g/mol. The summed E-state index contributed by atoms with van der Waals surface area (Å²) >= 11 is 12.4. The minimum Gasteiger partial charge on any atom is -0.484 e. The van der Waals surface area contributed by atoms with E-state index in [2.05, 4.69) is 5.32 Å². The highest BCUT2D eigenvalue weighted by Gasteiger charge is 2.32. The number of hydrogen-bond acceptors (Lipinski definition) is 3. The average Bonchev–Trinajstić information content (AvgIpc) is 2.93. The molecule has 1 aliphatic rings. The van der Waals surface area contributed by atoms with Crippen molar-refractivity contribution in [3.8, 4) is 5.75 Å². The first kappa shape index (κ1) is 28.0. The van der Waals surface area contributed by atoms with Crippen LogP contribution < -0.4 is 10.1 Å². The Hall–Kier alpha value is -3.02. The van der Waals surface area contributed by atoms with Gasteiger partial charge in [0.25, 0.3) is 5.91 Å². The molecular formula is C31H34Cl2N2O3. The Morgan fingerprint density at radius 2 is 1.63 bits per heavy atom. The van der Waals surface area contributed by atoms with Gasteiger partial charge in [0, 0.05) is 19.0 Å². The maximum atomic E-state index is 13.8. The third-order valence-corrected chi connectivity index (χ3v) is 7.74. The van der Waals surface area contributed by atoms with E-state index in [-0.39, 0.29) is 31.0 Å². The van der Waals surface area contributed by atoms with Crippen molar-refractivity contribution in [1.29, 1.82) is 0 Å². The molecule has 200 valence electrons. The molecule has 0 aliphatic heterocycles. The molecule has 0 radical (unpaired) electrons. The van der Waals surface area contributed by atoms with Gasteiger partial charge in [-0.3, -0.25) is 9.59 Å². The van der Waals surface area contributed by atoms with Gasteiger partial charge >= 0.3 is 0 Å². The number of halogens is 2. The van der Waals surface area contributed by atoms with E-state index < -0.39 is 6.04 Å². The molecule has 0 bridgehead atoms. The van der Waals surface area contributed by atoms with Gasteiger partial charge in [0.15, 0.2) is 6.61 Å². The van der Waals surface area contributed by atoms with Crippen LogP contribution in [0.2, 0.25) is 10.0 Å². The lowest BCUT2D eigenvalue weighted by atomic mass is 9.94. The molecule has 2 amide bonds. The van der Waals surface area contributed by atoms with Crippen molar-refractivity contribution in [3.63, 3.8) is 0 Å². The number of ether oxygens (including phenoxy) is 1. The van der Waals surface area contributed by atoms with Crippen molar-refractivity contribution in [2.75, 3.05) is 6.61 Å². The first-order chi connectivity index (χ1) is 18.4. The van der Waals surface area contributed by atoms with E-state index in [0.29, 0.717) is 22.2 Å². The summed E-state index contributed by atoms with van der Waals surface area (Å²) in [6, 6.07) is 22.0. The fraction of sp³-hybridized carbons (Fsp3) is 0.355. The van der Waals surface area contributed by atoms with E-state index in [0.717, 1.165) is 42.4 Å². The zero-order valence-electron chi connectivity index (χ0n) is 21.7. The Morgan fingerprint density at radius 1 is 0.921 bits per heavy atom. The molecule has 0 aromatic heterocycles. The van der Waals surface area contributed by atoms with Crippen molar-refractivity contribution in [1.82, 2.24) is 10.2 Å². The summed E-state index contributed by atoms with van der Waals surface area (Å²) < 4.78 is 5.92. The molecule has 1 saturated carbocycles. The Morgan fingerprint density at radius 3 is 2.34 bits per heavy atom. The van der Waals surface area contributed by atoms with Gasteiger partial charge in [0.2, 0.25) is 5.91 Å². The minimum atomic E-state index is -0.721. The summed E-state index contributed by atoms with van der Waals surface area (Å²) in [4.78, 5) is 29.2. The Labute approximate surface area is 235 Å². The molecule has 7 heteroatoms. The maximum absolute atomic E-state index is 13.8. The number of rotatable bonds is 10. The molecule has 3 aromatic rings. The number of carbonyl (C=O) groups is 2. The van der Waals surface area contributed by atoms with Crippen LogP contribution in [0.3, 0.4) is 0 Å². The van der Waals surface area contributed by atoms with Crippen LogP contribution in [-0.2, 0) is 22.6 Å². The molecule has 3 aromatic carbocycles. The molecule has 1 N–H and O–H groups in total. The zero-order chi connectivity index (χ0) is 26.9. The highest BCUT2D eigenvalue weighted by molar-refractivity contribution is 6.42. The van der Waals surface area contributed by atoms with Gasteiger partial charge in [-0.05, 0) is 54.7 Å². The lowest BCUT2D eigenvalue weighted by molar-refractivity contribution is -0.143. The van der Waals surface area contributed by atoms with Crippen LogP contribution in [0.15, 0.2) is 72.8 Å². The maximum Gasteiger partial charge on any atom is 0.261 e. The second-order valence-corrected chi connectivity index (χ2v) is 10.7. The van der Waals surface area contributed by atoms with E-state index in [1.54, 1.807) is 17.0 Å².